The molecule has 1 fully saturated rings. The summed E-state index contributed by atoms with van der Waals surface area (Å²) in [5, 5.41) is 0. The van der Waals surface area contributed by atoms with Crippen molar-refractivity contribution in [2.24, 2.45) is 11.8 Å². The minimum absolute atomic E-state index is 0.0835. The fourth-order valence-electron chi connectivity index (χ4n) is 4.12. The van der Waals surface area contributed by atoms with Crippen LogP contribution < -0.4 is 0 Å². The first-order valence-electron chi connectivity index (χ1n) is 8.19. The maximum absolute atomic E-state index is 13.3. The fraction of sp³-hybridized carbons (Fsp3) is 0.421. The van der Waals surface area contributed by atoms with Crippen molar-refractivity contribution in [2.75, 3.05) is 13.1 Å². The van der Waals surface area contributed by atoms with E-state index in [1.54, 1.807) is 37.3 Å². The largest absolute Gasteiger partial charge is 0.336 e. The zero-order valence-electron chi connectivity index (χ0n) is 13.8. The van der Waals surface area contributed by atoms with E-state index in [-0.39, 0.29) is 23.9 Å². The number of Topliss-reactive ketones (excluding diaryl/α,β-unsaturated/α-hetero) is 1. The number of alkyl halides is 2. The molecule has 0 unspecified atom stereocenters. The number of allylic oxidation sites excluding steroid dienone is 1. The zero-order valence-corrected chi connectivity index (χ0v) is 13.8. The molecular formula is C19H18F2N2O2. The van der Waals surface area contributed by atoms with Crippen LogP contribution >= 0.6 is 0 Å². The predicted octanol–water partition coefficient (Wildman–Crippen LogP) is 3.06. The van der Waals surface area contributed by atoms with E-state index in [4.69, 9.17) is 6.57 Å². The number of carbonyl (C=O) groups excluding carboxylic acids is 2. The SMILES string of the molecule is [C-]#[N+]C1=C[C@@]2(c3ccccc3)C(=O)N(CC(F)F)CC[C@@H]2[C@@H](C)C1=O. The third kappa shape index (κ3) is 2.64. The number of piperidine rings is 1. The Morgan fingerprint density at radius 3 is 2.60 bits per heavy atom. The average Bonchev–Trinajstić information content (AvgIpc) is 2.61. The molecule has 1 aromatic carbocycles. The smallest absolute Gasteiger partial charge is 0.255 e. The Bertz CT molecular complexity index is 769. The van der Waals surface area contributed by atoms with Crippen molar-refractivity contribution in [3.63, 3.8) is 0 Å². The van der Waals surface area contributed by atoms with Gasteiger partial charge in [0.1, 0.15) is 0 Å². The van der Waals surface area contributed by atoms with Gasteiger partial charge in [0.2, 0.25) is 11.6 Å². The van der Waals surface area contributed by atoms with E-state index in [1.807, 2.05) is 0 Å². The third-order valence-electron chi connectivity index (χ3n) is 5.30. The number of benzene rings is 1. The van der Waals surface area contributed by atoms with Gasteiger partial charge in [0.25, 0.3) is 6.43 Å². The first-order valence-corrected chi connectivity index (χ1v) is 8.19. The predicted molar refractivity (Wildman–Crippen MR) is 87.7 cm³/mol. The molecule has 0 spiro atoms. The number of fused-ring (bicyclic) bond motifs is 1. The van der Waals surface area contributed by atoms with E-state index in [1.165, 1.54) is 6.08 Å². The van der Waals surface area contributed by atoms with Crippen LogP contribution in [0.25, 0.3) is 4.85 Å². The molecule has 2 aliphatic rings. The number of amides is 1. The maximum atomic E-state index is 13.3. The molecule has 0 radical (unpaired) electrons. The Labute approximate surface area is 144 Å². The number of halogens is 2. The number of hydrogen-bond donors (Lipinski definition) is 0. The molecule has 130 valence electrons. The molecule has 3 atom stereocenters. The van der Waals surface area contributed by atoms with Crippen LogP contribution in [-0.4, -0.2) is 36.1 Å². The summed E-state index contributed by atoms with van der Waals surface area (Å²) < 4.78 is 25.8. The summed E-state index contributed by atoms with van der Waals surface area (Å²) >= 11 is 0. The summed E-state index contributed by atoms with van der Waals surface area (Å²) in [6, 6.07) is 8.87. The minimum atomic E-state index is -2.62. The molecule has 0 saturated carbocycles. The van der Waals surface area contributed by atoms with Gasteiger partial charge in [0, 0.05) is 12.5 Å². The monoisotopic (exact) mass is 344 g/mol. The van der Waals surface area contributed by atoms with E-state index in [2.05, 4.69) is 4.85 Å². The van der Waals surface area contributed by atoms with Crippen LogP contribution in [-0.2, 0) is 15.0 Å². The molecule has 6 heteroatoms. The van der Waals surface area contributed by atoms with Gasteiger partial charge in [-0.25, -0.2) is 13.6 Å². The molecule has 1 aliphatic heterocycles. The average molecular weight is 344 g/mol. The van der Waals surface area contributed by atoms with Crippen LogP contribution in [0.5, 0.6) is 0 Å². The first kappa shape index (κ1) is 17.3. The summed E-state index contributed by atoms with van der Waals surface area (Å²) in [7, 11) is 0. The fourth-order valence-corrected chi connectivity index (χ4v) is 4.12. The second-order valence-corrected chi connectivity index (χ2v) is 6.57. The molecule has 0 bridgehead atoms. The van der Waals surface area contributed by atoms with Gasteiger partial charge in [-0.1, -0.05) is 43.3 Å². The molecule has 1 aromatic rings. The zero-order chi connectivity index (χ0) is 18.2. The molecule has 25 heavy (non-hydrogen) atoms. The second kappa shape index (κ2) is 6.40. The molecule has 1 amide bonds. The Morgan fingerprint density at radius 2 is 2.00 bits per heavy atom. The summed E-state index contributed by atoms with van der Waals surface area (Å²) in [5.41, 5.74) is -0.675. The summed E-state index contributed by atoms with van der Waals surface area (Å²) in [4.78, 5) is 30.2. The minimum Gasteiger partial charge on any atom is -0.336 e. The van der Waals surface area contributed by atoms with Gasteiger partial charge in [0.15, 0.2) is 5.78 Å². The Balaban J connectivity index is 2.21. The van der Waals surface area contributed by atoms with Crippen LogP contribution in [0.2, 0.25) is 0 Å². The first-order chi connectivity index (χ1) is 11.9. The van der Waals surface area contributed by atoms with Crippen molar-refractivity contribution >= 4 is 11.7 Å². The number of ketones is 1. The van der Waals surface area contributed by atoms with Crippen molar-refractivity contribution in [2.45, 2.75) is 25.2 Å². The lowest BCUT2D eigenvalue weighted by Gasteiger charge is -2.50. The molecule has 3 rings (SSSR count). The van der Waals surface area contributed by atoms with Crippen LogP contribution in [0.3, 0.4) is 0 Å². The highest BCUT2D eigenvalue weighted by atomic mass is 19.3. The van der Waals surface area contributed by atoms with Crippen LogP contribution in [0.15, 0.2) is 42.1 Å². The van der Waals surface area contributed by atoms with E-state index in [0.717, 1.165) is 4.90 Å². The molecule has 4 nitrogen and oxygen atoms in total. The third-order valence-corrected chi connectivity index (χ3v) is 5.30. The van der Waals surface area contributed by atoms with Crippen LogP contribution in [0, 0.1) is 18.4 Å². The Hall–Kier alpha value is -2.55. The highest BCUT2D eigenvalue weighted by Gasteiger charge is 2.56. The highest BCUT2D eigenvalue weighted by Crippen LogP contribution is 2.49. The van der Waals surface area contributed by atoms with Crippen molar-refractivity contribution in [3.05, 3.63) is 59.1 Å². The van der Waals surface area contributed by atoms with Gasteiger partial charge in [-0.15, -0.1) is 0 Å². The van der Waals surface area contributed by atoms with Crippen molar-refractivity contribution < 1.29 is 18.4 Å². The number of nitrogens with zero attached hydrogens (tertiary/aromatic N) is 2. The molecule has 0 N–H and O–H groups in total. The number of rotatable bonds is 3. The standard InChI is InChI=1S/C19H18F2N2O2/c1-12-14-8-9-23(11-16(20)21)18(25)19(14,10-15(22-2)17(12)24)13-6-4-3-5-7-13/h3-7,10,12,14,16H,8-9,11H2,1H3/t12-,14-,19+/m1/s1. The van der Waals surface area contributed by atoms with Gasteiger partial charge in [-0.05, 0) is 17.9 Å². The van der Waals surface area contributed by atoms with Crippen LogP contribution in [0.4, 0.5) is 8.78 Å². The van der Waals surface area contributed by atoms with Gasteiger partial charge < -0.3 is 9.69 Å². The molecular weight excluding hydrogens is 326 g/mol. The second-order valence-electron chi connectivity index (χ2n) is 6.57. The van der Waals surface area contributed by atoms with Crippen molar-refractivity contribution in [1.29, 1.82) is 0 Å². The Morgan fingerprint density at radius 1 is 1.32 bits per heavy atom. The number of likely N-dealkylation sites (tertiary alicyclic amines) is 1. The number of hydrogen-bond acceptors (Lipinski definition) is 2. The van der Waals surface area contributed by atoms with Gasteiger partial charge >= 0.3 is 0 Å². The topological polar surface area (TPSA) is 41.7 Å². The van der Waals surface area contributed by atoms with Crippen molar-refractivity contribution in [3.8, 4) is 0 Å². The van der Waals surface area contributed by atoms with Gasteiger partial charge in [-0.3, -0.25) is 4.79 Å². The van der Waals surface area contributed by atoms with E-state index >= 15 is 0 Å². The van der Waals surface area contributed by atoms with Crippen LogP contribution in [0.1, 0.15) is 18.9 Å². The molecule has 1 heterocycles. The van der Waals surface area contributed by atoms with Gasteiger partial charge in [0.05, 0.1) is 18.5 Å². The highest BCUT2D eigenvalue weighted by molar-refractivity contribution is 6.04. The quantitative estimate of drug-likeness (QED) is 0.791. The molecule has 1 saturated heterocycles. The summed E-state index contributed by atoms with van der Waals surface area (Å²) in [6.07, 6.45) is -0.759. The normalized spacial score (nSPS) is 29.2. The lowest BCUT2D eigenvalue weighted by molar-refractivity contribution is -0.147. The Kier molecular flexibility index (Phi) is 4.42. The maximum Gasteiger partial charge on any atom is 0.255 e. The van der Waals surface area contributed by atoms with E-state index in [9.17, 15) is 18.4 Å². The van der Waals surface area contributed by atoms with Crippen molar-refractivity contribution in [1.82, 2.24) is 4.90 Å². The molecule has 1 aliphatic carbocycles. The molecule has 0 aromatic heterocycles. The lowest BCUT2D eigenvalue weighted by atomic mass is 9.58. The van der Waals surface area contributed by atoms with Gasteiger partial charge in [-0.2, -0.15) is 0 Å². The lowest BCUT2D eigenvalue weighted by Crippen LogP contribution is -2.60. The number of carbonyl (C=O) groups is 2. The summed E-state index contributed by atoms with van der Waals surface area (Å²) in [5.74, 6) is -1.57. The van der Waals surface area contributed by atoms with E-state index < -0.39 is 30.2 Å². The van der Waals surface area contributed by atoms with E-state index in [0.29, 0.717) is 12.0 Å². The summed E-state index contributed by atoms with van der Waals surface area (Å²) in [6.45, 7) is 8.57.